The van der Waals surface area contributed by atoms with E-state index < -0.39 is 11.4 Å². The molecule has 8 heteroatoms. The fraction of sp³-hybridized carbons (Fsp3) is 0.727. The molecule has 5 fully saturated rings. The van der Waals surface area contributed by atoms with Gasteiger partial charge in [0.2, 0.25) is 5.91 Å². The maximum Gasteiger partial charge on any atom is 0.309 e. The first-order valence-corrected chi connectivity index (χ1v) is 15.8. The van der Waals surface area contributed by atoms with E-state index in [0.717, 1.165) is 50.5 Å². The number of hydrogen-bond donors (Lipinski definition) is 3. The second-order valence-electron chi connectivity index (χ2n) is 14.3. The predicted octanol–water partition coefficient (Wildman–Crippen LogP) is 5.44. The number of fused-ring (bicyclic) bond motifs is 2. The van der Waals surface area contributed by atoms with Gasteiger partial charge in [0, 0.05) is 18.2 Å². The normalized spacial score (nSPS) is 33.5. The van der Waals surface area contributed by atoms with Crippen LogP contribution in [0.3, 0.4) is 0 Å². The van der Waals surface area contributed by atoms with E-state index in [1.54, 1.807) is 7.11 Å². The van der Waals surface area contributed by atoms with Crippen molar-refractivity contribution in [2.75, 3.05) is 13.7 Å². The van der Waals surface area contributed by atoms with Crippen molar-refractivity contribution in [2.24, 2.45) is 28.6 Å². The Bertz CT molecular complexity index is 1200. The lowest BCUT2D eigenvalue weighted by molar-refractivity contribution is -0.150. The number of ether oxygens (including phenoxy) is 2. The molecule has 5 aliphatic rings. The number of carboxylic acids is 1. The molecular formula is C33H46N2O6. The number of carboxylic acid groups (broad SMARTS) is 1. The summed E-state index contributed by atoms with van der Waals surface area (Å²) >= 11 is 0. The highest BCUT2D eigenvalue weighted by molar-refractivity contribution is 5.98. The van der Waals surface area contributed by atoms with E-state index in [2.05, 4.69) is 17.6 Å². The van der Waals surface area contributed by atoms with Crippen LogP contribution in [0.5, 0.6) is 11.5 Å². The number of methoxy groups -OCH3 is 1. The van der Waals surface area contributed by atoms with Crippen LogP contribution in [0.25, 0.3) is 0 Å². The Morgan fingerprint density at radius 2 is 1.66 bits per heavy atom. The van der Waals surface area contributed by atoms with Crippen molar-refractivity contribution in [1.82, 2.24) is 10.6 Å². The fourth-order valence-corrected chi connectivity index (χ4v) is 7.96. The zero-order valence-electron chi connectivity index (χ0n) is 24.8. The third kappa shape index (κ3) is 5.55. The van der Waals surface area contributed by atoms with Crippen molar-refractivity contribution < 1.29 is 29.0 Å². The first-order chi connectivity index (χ1) is 19.6. The van der Waals surface area contributed by atoms with E-state index in [1.807, 2.05) is 19.1 Å². The van der Waals surface area contributed by atoms with Crippen LogP contribution < -0.4 is 20.1 Å². The number of hydrogen-bond acceptors (Lipinski definition) is 5. The van der Waals surface area contributed by atoms with Crippen LogP contribution in [0.2, 0.25) is 0 Å². The summed E-state index contributed by atoms with van der Waals surface area (Å²) in [6, 6.07) is 3.60. The third-order valence-electron chi connectivity index (χ3n) is 11.2. The van der Waals surface area contributed by atoms with Crippen LogP contribution >= 0.6 is 0 Å². The van der Waals surface area contributed by atoms with E-state index in [1.165, 1.54) is 6.42 Å². The lowest BCUT2D eigenvalue weighted by atomic mass is 9.70. The highest BCUT2D eigenvalue weighted by Crippen LogP contribution is 2.50. The lowest BCUT2D eigenvalue weighted by Crippen LogP contribution is -2.51. The standard InChI is InChI=1S/C33H46N2O6/c1-32(11-4-12-32)18-34-30(37)27-20-7-8-21(15-20)28(27)35-29(36)24-17-26(23(19-5-6-19)16-25(24)40-3)41-22-9-13-33(2,14-10-22)31(38)39/h16-17,19-22,27-28H,4-15,18H2,1-3H3,(H,34,37)(H,35,36)(H,38,39). The highest BCUT2D eigenvalue weighted by Gasteiger charge is 2.52. The number of aliphatic carboxylic acids is 1. The van der Waals surface area contributed by atoms with Crippen molar-refractivity contribution in [3.05, 3.63) is 23.3 Å². The zero-order chi connectivity index (χ0) is 28.9. The second kappa shape index (κ2) is 10.8. The molecule has 0 heterocycles. The molecule has 224 valence electrons. The Hall–Kier alpha value is -2.77. The molecule has 4 atom stereocenters. The topological polar surface area (TPSA) is 114 Å². The fourth-order valence-electron chi connectivity index (χ4n) is 7.96. The molecule has 0 aliphatic heterocycles. The van der Waals surface area contributed by atoms with E-state index in [9.17, 15) is 19.5 Å². The maximum atomic E-state index is 13.9. The van der Waals surface area contributed by atoms with Crippen LogP contribution in [0, 0.1) is 28.6 Å². The number of nitrogens with one attached hydrogen (secondary N) is 2. The molecule has 4 unspecified atom stereocenters. The third-order valence-corrected chi connectivity index (χ3v) is 11.2. The van der Waals surface area contributed by atoms with Gasteiger partial charge in [0.1, 0.15) is 11.5 Å². The molecule has 6 rings (SSSR count). The SMILES string of the molecule is COc1cc(C2CC2)c(OC2CCC(C)(C(=O)O)CC2)cc1C(=O)NC1C2CCC(C2)C1C(=O)NCC1(C)CCC1. The van der Waals surface area contributed by atoms with E-state index in [0.29, 0.717) is 67.0 Å². The van der Waals surface area contributed by atoms with Gasteiger partial charge in [0.05, 0.1) is 30.1 Å². The first kappa shape index (κ1) is 28.4. The van der Waals surface area contributed by atoms with E-state index in [-0.39, 0.29) is 35.3 Å². The molecule has 0 saturated heterocycles. The Morgan fingerprint density at radius 3 is 2.27 bits per heavy atom. The van der Waals surface area contributed by atoms with Gasteiger partial charge in [-0.25, -0.2) is 0 Å². The summed E-state index contributed by atoms with van der Waals surface area (Å²) in [5.74, 6) is 1.18. The summed E-state index contributed by atoms with van der Waals surface area (Å²) in [5.41, 5.74) is 1.00. The molecule has 0 spiro atoms. The molecule has 5 saturated carbocycles. The first-order valence-electron chi connectivity index (χ1n) is 15.8. The van der Waals surface area contributed by atoms with Gasteiger partial charge in [-0.15, -0.1) is 0 Å². The average Bonchev–Trinajstić information content (AvgIpc) is 3.59. The molecule has 0 aromatic heterocycles. The molecule has 41 heavy (non-hydrogen) atoms. The number of carbonyl (C=O) groups is 3. The van der Waals surface area contributed by atoms with Gasteiger partial charge in [-0.3, -0.25) is 14.4 Å². The van der Waals surface area contributed by atoms with Crippen LogP contribution in [0.4, 0.5) is 0 Å². The molecule has 3 N–H and O–H groups in total. The Morgan fingerprint density at radius 1 is 0.951 bits per heavy atom. The maximum absolute atomic E-state index is 13.9. The van der Waals surface area contributed by atoms with Gasteiger partial charge >= 0.3 is 5.97 Å². The number of benzene rings is 1. The van der Waals surface area contributed by atoms with Crippen molar-refractivity contribution >= 4 is 17.8 Å². The Kier molecular flexibility index (Phi) is 7.48. The molecule has 2 amide bonds. The van der Waals surface area contributed by atoms with E-state index >= 15 is 0 Å². The lowest BCUT2D eigenvalue weighted by Gasteiger charge is -2.39. The van der Waals surface area contributed by atoms with Crippen LogP contribution in [-0.2, 0) is 9.59 Å². The molecule has 5 aliphatic carbocycles. The quantitative estimate of drug-likeness (QED) is 0.348. The van der Waals surface area contributed by atoms with Gasteiger partial charge in [-0.2, -0.15) is 0 Å². The van der Waals surface area contributed by atoms with Gasteiger partial charge < -0.3 is 25.2 Å². The molecule has 1 aromatic rings. The van der Waals surface area contributed by atoms with Crippen molar-refractivity contribution in [3.63, 3.8) is 0 Å². The summed E-state index contributed by atoms with van der Waals surface area (Å²) in [6.45, 7) is 4.77. The summed E-state index contributed by atoms with van der Waals surface area (Å²) in [7, 11) is 1.59. The molecular weight excluding hydrogens is 520 g/mol. The molecule has 1 aromatic carbocycles. The number of carbonyl (C=O) groups excluding carboxylic acids is 2. The number of rotatable bonds is 10. The van der Waals surface area contributed by atoms with Crippen molar-refractivity contribution in [2.45, 2.75) is 109 Å². The Labute approximate surface area is 243 Å². The summed E-state index contributed by atoms with van der Waals surface area (Å²) < 4.78 is 12.2. The van der Waals surface area contributed by atoms with Crippen LogP contribution in [0.15, 0.2) is 12.1 Å². The smallest absolute Gasteiger partial charge is 0.309 e. The van der Waals surface area contributed by atoms with Gasteiger partial charge in [0.25, 0.3) is 5.91 Å². The molecule has 8 nitrogen and oxygen atoms in total. The van der Waals surface area contributed by atoms with Gasteiger partial charge in [-0.1, -0.05) is 13.3 Å². The minimum Gasteiger partial charge on any atom is -0.496 e. The van der Waals surface area contributed by atoms with Crippen LogP contribution in [-0.4, -0.2) is 48.7 Å². The largest absolute Gasteiger partial charge is 0.496 e. The van der Waals surface area contributed by atoms with Gasteiger partial charge in [-0.05, 0) is 113 Å². The monoisotopic (exact) mass is 566 g/mol. The molecule has 2 bridgehead atoms. The van der Waals surface area contributed by atoms with Crippen molar-refractivity contribution in [3.8, 4) is 11.5 Å². The van der Waals surface area contributed by atoms with Gasteiger partial charge in [0.15, 0.2) is 0 Å². The minimum atomic E-state index is -0.747. The zero-order valence-corrected chi connectivity index (χ0v) is 24.8. The summed E-state index contributed by atoms with van der Waals surface area (Å²) in [5, 5.41) is 16.1. The summed E-state index contributed by atoms with van der Waals surface area (Å²) in [4.78, 5) is 39.0. The summed E-state index contributed by atoms with van der Waals surface area (Å²) in [6.07, 6.45) is 11.2. The highest BCUT2D eigenvalue weighted by atomic mass is 16.5. The predicted molar refractivity (Wildman–Crippen MR) is 154 cm³/mol. The second-order valence-corrected chi connectivity index (χ2v) is 14.3. The van der Waals surface area contributed by atoms with Crippen molar-refractivity contribution in [1.29, 1.82) is 0 Å². The average molecular weight is 567 g/mol. The number of amides is 2. The minimum absolute atomic E-state index is 0.0830. The van der Waals surface area contributed by atoms with E-state index in [4.69, 9.17) is 9.47 Å². The Balaban J connectivity index is 1.19. The van der Waals surface area contributed by atoms with Crippen LogP contribution in [0.1, 0.15) is 113 Å². The molecule has 0 radical (unpaired) electrons.